The van der Waals surface area contributed by atoms with Crippen molar-refractivity contribution in [3.05, 3.63) is 0 Å². The molecule has 1 fully saturated rings. The van der Waals surface area contributed by atoms with E-state index in [4.69, 9.17) is 15.3 Å². The van der Waals surface area contributed by atoms with Crippen molar-refractivity contribution in [1.29, 1.82) is 0 Å². The standard InChI is InChI=1S/C6H9NO5.C5H9NO2/c8-4(1-2-5(9)10)7-3-6(11)12;7-5(8)4-2-1-3-6-4/h1-3H2,(H,7,8)(H,9,10)(H,11,12);4,6H,1-3H2,(H,7,8)/t;4-/m.0/s1. The first-order valence-corrected chi connectivity index (χ1v) is 5.99. The average molecular weight is 290 g/mol. The highest BCUT2D eigenvalue weighted by molar-refractivity contribution is 5.83. The zero-order valence-corrected chi connectivity index (χ0v) is 10.8. The molecular weight excluding hydrogens is 272 g/mol. The molecule has 0 aromatic heterocycles. The van der Waals surface area contributed by atoms with E-state index in [-0.39, 0.29) is 18.9 Å². The van der Waals surface area contributed by atoms with Crippen LogP contribution in [0.15, 0.2) is 0 Å². The molecule has 1 aliphatic heterocycles. The number of hydrogen-bond donors (Lipinski definition) is 5. The zero-order chi connectivity index (χ0) is 15.5. The van der Waals surface area contributed by atoms with Crippen molar-refractivity contribution in [2.75, 3.05) is 13.1 Å². The van der Waals surface area contributed by atoms with Gasteiger partial charge >= 0.3 is 17.9 Å². The number of carbonyl (C=O) groups excluding carboxylic acids is 1. The van der Waals surface area contributed by atoms with Crippen LogP contribution in [0.1, 0.15) is 25.7 Å². The predicted octanol–water partition coefficient (Wildman–Crippen LogP) is -1.12. The van der Waals surface area contributed by atoms with Crippen LogP contribution >= 0.6 is 0 Å². The Morgan fingerprint density at radius 3 is 2.05 bits per heavy atom. The molecule has 0 aromatic carbocycles. The van der Waals surface area contributed by atoms with Gasteiger partial charge in [-0.3, -0.25) is 19.2 Å². The highest BCUT2D eigenvalue weighted by atomic mass is 16.4. The number of carboxylic acids is 3. The number of rotatable bonds is 6. The lowest BCUT2D eigenvalue weighted by Gasteiger charge is -1.99. The quantitative estimate of drug-likeness (QED) is 0.412. The van der Waals surface area contributed by atoms with Crippen molar-refractivity contribution in [3.63, 3.8) is 0 Å². The molecule has 9 nitrogen and oxygen atoms in total. The van der Waals surface area contributed by atoms with Gasteiger partial charge in [0.25, 0.3) is 0 Å². The third-order valence-corrected chi connectivity index (χ3v) is 2.36. The fraction of sp³-hybridized carbons (Fsp3) is 0.636. The Morgan fingerprint density at radius 2 is 1.70 bits per heavy atom. The van der Waals surface area contributed by atoms with E-state index in [1.807, 2.05) is 5.32 Å². The summed E-state index contributed by atoms with van der Waals surface area (Å²) in [4.78, 5) is 40.6. The van der Waals surface area contributed by atoms with Gasteiger partial charge in [-0.1, -0.05) is 0 Å². The summed E-state index contributed by atoms with van der Waals surface area (Å²) in [5, 5.41) is 29.5. The summed E-state index contributed by atoms with van der Waals surface area (Å²) in [5.41, 5.74) is 0. The molecule has 0 saturated carbocycles. The minimum atomic E-state index is -1.15. The van der Waals surface area contributed by atoms with E-state index in [1.54, 1.807) is 0 Å². The van der Waals surface area contributed by atoms with E-state index in [9.17, 15) is 19.2 Å². The van der Waals surface area contributed by atoms with Crippen LogP contribution in [-0.2, 0) is 19.2 Å². The maximum atomic E-state index is 10.6. The van der Waals surface area contributed by atoms with Crippen LogP contribution in [0, 0.1) is 0 Å². The number of aliphatic carboxylic acids is 3. The number of hydrogen-bond acceptors (Lipinski definition) is 5. The summed E-state index contributed by atoms with van der Waals surface area (Å²) >= 11 is 0. The Balaban J connectivity index is 0.000000388. The van der Waals surface area contributed by atoms with E-state index in [0.717, 1.165) is 19.4 Å². The summed E-state index contributed by atoms with van der Waals surface area (Å²) in [6.45, 7) is 0.384. The van der Waals surface area contributed by atoms with Crippen molar-refractivity contribution in [2.45, 2.75) is 31.7 Å². The molecule has 5 N–H and O–H groups in total. The van der Waals surface area contributed by atoms with Crippen molar-refractivity contribution in [2.24, 2.45) is 0 Å². The van der Waals surface area contributed by atoms with Gasteiger partial charge in [0.05, 0.1) is 6.42 Å². The second-order valence-corrected chi connectivity index (χ2v) is 4.05. The van der Waals surface area contributed by atoms with Crippen molar-refractivity contribution < 1.29 is 34.5 Å². The fourth-order valence-corrected chi connectivity index (χ4v) is 1.38. The first-order valence-electron chi connectivity index (χ1n) is 5.99. The van der Waals surface area contributed by atoms with E-state index < -0.39 is 30.4 Å². The highest BCUT2D eigenvalue weighted by Crippen LogP contribution is 2.03. The second-order valence-electron chi connectivity index (χ2n) is 4.05. The van der Waals surface area contributed by atoms with Crippen LogP contribution in [-0.4, -0.2) is 58.3 Å². The highest BCUT2D eigenvalue weighted by Gasteiger charge is 2.20. The van der Waals surface area contributed by atoms with Crippen LogP contribution in [0.5, 0.6) is 0 Å². The molecule has 9 heteroatoms. The van der Waals surface area contributed by atoms with Crippen LogP contribution in [0.3, 0.4) is 0 Å². The van der Waals surface area contributed by atoms with Gasteiger partial charge in [0.1, 0.15) is 12.6 Å². The number of amides is 1. The summed E-state index contributed by atoms with van der Waals surface area (Å²) in [5.74, 6) is -3.53. The Morgan fingerprint density at radius 1 is 1.05 bits per heavy atom. The van der Waals surface area contributed by atoms with Gasteiger partial charge in [0.2, 0.25) is 5.91 Å². The van der Waals surface area contributed by atoms with E-state index in [1.165, 1.54) is 0 Å². The lowest BCUT2D eigenvalue weighted by atomic mass is 10.2. The van der Waals surface area contributed by atoms with Gasteiger partial charge in [0, 0.05) is 6.42 Å². The predicted molar refractivity (Wildman–Crippen MR) is 66.2 cm³/mol. The maximum absolute atomic E-state index is 10.6. The molecule has 1 amide bonds. The third kappa shape index (κ3) is 9.83. The van der Waals surface area contributed by atoms with Gasteiger partial charge in [0.15, 0.2) is 0 Å². The molecular formula is C11H18N2O7. The molecule has 114 valence electrons. The molecule has 0 aromatic rings. The lowest BCUT2D eigenvalue weighted by Crippen LogP contribution is -2.29. The van der Waals surface area contributed by atoms with Crippen LogP contribution in [0.4, 0.5) is 0 Å². The summed E-state index contributed by atoms with van der Waals surface area (Å²) in [7, 11) is 0. The van der Waals surface area contributed by atoms with Crippen molar-refractivity contribution in [3.8, 4) is 0 Å². The Hall–Kier alpha value is -2.16. The fourth-order valence-electron chi connectivity index (χ4n) is 1.38. The van der Waals surface area contributed by atoms with Crippen molar-refractivity contribution >= 4 is 23.8 Å². The van der Waals surface area contributed by atoms with E-state index >= 15 is 0 Å². The minimum Gasteiger partial charge on any atom is -0.481 e. The zero-order valence-electron chi connectivity index (χ0n) is 10.8. The monoisotopic (exact) mass is 290 g/mol. The van der Waals surface area contributed by atoms with E-state index in [2.05, 4.69) is 5.32 Å². The van der Waals surface area contributed by atoms with Crippen LogP contribution < -0.4 is 10.6 Å². The molecule has 0 unspecified atom stereocenters. The van der Waals surface area contributed by atoms with E-state index in [0.29, 0.717) is 0 Å². The molecule has 1 heterocycles. The summed E-state index contributed by atoms with van der Waals surface area (Å²) < 4.78 is 0. The Labute approximate surface area is 115 Å². The summed E-state index contributed by atoms with van der Waals surface area (Å²) in [6.07, 6.45) is 1.31. The van der Waals surface area contributed by atoms with Gasteiger partial charge in [-0.15, -0.1) is 0 Å². The number of carbonyl (C=O) groups is 4. The smallest absolute Gasteiger partial charge is 0.322 e. The van der Waals surface area contributed by atoms with Crippen LogP contribution in [0.2, 0.25) is 0 Å². The Bertz CT molecular complexity index is 344. The maximum Gasteiger partial charge on any atom is 0.322 e. The molecule has 0 radical (unpaired) electrons. The topological polar surface area (TPSA) is 153 Å². The number of carboxylic acid groups (broad SMARTS) is 3. The molecule has 1 rings (SSSR count). The molecule has 1 saturated heterocycles. The van der Waals surface area contributed by atoms with Gasteiger partial charge in [-0.2, -0.15) is 0 Å². The SMILES string of the molecule is O=C(O)CCC(=O)NCC(=O)O.O=C(O)[C@@H]1CCCN1. The van der Waals surface area contributed by atoms with Crippen molar-refractivity contribution in [1.82, 2.24) is 10.6 Å². The molecule has 1 aliphatic rings. The molecule has 20 heavy (non-hydrogen) atoms. The first-order chi connectivity index (χ1) is 9.32. The normalized spacial score (nSPS) is 16.7. The Kier molecular flexibility index (Phi) is 8.68. The average Bonchev–Trinajstić information content (AvgIpc) is 2.88. The number of nitrogens with one attached hydrogen (secondary N) is 2. The molecule has 0 bridgehead atoms. The van der Waals surface area contributed by atoms with Gasteiger partial charge in [-0.05, 0) is 19.4 Å². The first kappa shape index (κ1) is 17.8. The van der Waals surface area contributed by atoms with Gasteiger partial charge < -0.3 is 26.0 Å². The molecule has 1 atom stereocenters. The molecule has 0 spiro atoms. The lowest BCUT2D eigenvalue weighted by molar-refractivity contribution is -0.140. The minimum absolute atomic E-state index is 0.192. The second kappa shape index (κ2) is 9.73. The van der Waals surface area contributed by atoms with Crippen LogP contribution in [0.25, 0.3) is 0 Å². The molecule has 0 aliphatic carbocycles. The third-order valence-electron chi connectivity index (χ3n) is 2.36. The largest absolute Gasteiger partial charge is 0.481 e. The van der Waals surface area contributed by atoms with Gasteiger partial charge in [-0.25, -0.2) is 0 Å². The summed E-state index contributed by atoms with van der Waals surface area (Å²) in [6, 6.07) is -0.269.